The molecule has 0 radical (unpaired) electrons. The van der Waals surface area contributed by atoms with Crippen molar-refractivity contribution in [3.63, 3.8) is 0 Å². The van der Waals surface area contributed by atoms with Crippen LogP contribution in [0.1, 0.15) is 36.8 Å². The molecule has 1 aliphatic heterocycles. The first-order chi connectivity index (χ1) is 7.92. The molecule has 1 aromatic rings. The van der Waals surface area contributed by atoms with E-state index in [0.717, 1.165) is 25.7 Å². The Morgan fingerprint density at radius 1 is 1.12 bits per heavy atom. The summed E-state index contributed by atoms with van der Waals surface area (Å²) in [6.45, 7) is 2.71. The third kappa shape index (κ3) is 2.07. The van der Waals surface area contributed by atoms with E-state index in [1.54, 1.807) is 0 Å². The predicted octanol–water partition coefficient (Wildman–Crippen LogP) is 3.32. The quantitative estimate of drug-likeness (QED) is 0.838. The highest BCUT2D eigenvalue weighted by atomic mass is 16.5. The predicted molar refractivity (Wildman–Crippen MR) is 65.4 cm³/mol. The van der Waals surface area contributed by atoms with E-state index in [9.17, 15) is 0 Å². The van der Waals surface area contributed by atoms with E-state index in [2.05, 4.69) is 23.5 Å². The minimum atomic E-state index is 0.786. The molecule has 1 N–H and O–H groups in total. The maximum atomic E-state index is 5.42. The highest BCUT2D eigenvalue weighted by molar-refractivity contribution is 5.49. The van der Waals surface area contributed by atoms with E-state index in [-0.39, 0.29) is 0 Å². The second-order valence-corrected chi connectivity index (χ2v) is 5.01. The van der Waals surface area contributed by atoms with Crippen LogP contribution in [0.15, 0.2) is 18.2 Å². The maximum Gasteiger partial charge on any atom is 0.0725 e. The van der Waals surface area contributed by atoms with E-state index in [1.165, 1.54) is 42.5 Å². The third-order valence-electron chi connectivity index (χ3n) is 3.79. The summed E-state index contributed by atoms with van der Waals surface area (Å²) in [6.07, 6.45) is 5.65. The van der Waals surface area contributed by atoms with Crippen molar-refractivity contribution in [3.05, 3.63) is 29.3 Å². The van der Waals surface area contributed by atoms with Gasteiger partial charge in [-0.05, 0) is 42.0 Å². The molecule has 16 heavy (non-hydrogen) atoms. The first-order valence-corrected chi connectivity index (χ1v) is 6.35. The van der Waals surface area contributed by atoms with Gasteiger partial charge in [0.2, 0.25) is 0 Å². The molecular formula is C14H19NO. The molecule has 86 valence electrons. The summed E-state index contributed by atoms with van der Waals surface area (Å²) in [4.78, 5) is 0. The lowest BCUT2D eigenvalue weighted by molar-refractivity contribution is 0.134. The van der Waals surface area contributed by atoms with E-state index in [0.29, 0.717) is 0 Å². The summed E-state index contributed by atoms with van der Waals surface area (Å²) in [6, 6.07) is 6.62. The fourth-order valence-electron chi connectivity index (χ4n) is 2.76. The number of hydrogen-bond acceptors (Lipinski definition) is 2. The van der Waals surface area contributed by atoms with Crippen molar-refractivity contribution in [2.75, 3.05) is 11.9 Å². The van der Waals surface area contributed by atoms with Crippen LogP contribution >= 0.6 is 0 Å². The van der Waals surface area contributed by atoms with Crippen LogP contribution in [-0.4, -0.2) is 6.54 Å². The van der Waals surface area contributed by atoms with Gasteiger partial charge in [0, 0.05) is 12.2 Å². The van der Waals surface area contributed by atoms with Crippen LogP contribution in [0.4, 0.5) is 5.69 Å². The molecule has 2 nitrogen and oxygen atoms in total. The standard InChI is InChI=1S/C14H19NO/c1-2-4-11(3-1)8-15-14-6-5-12-9-16-10-13(12)7-14/h5-7,11,15H,1-4,8-10H2. The lowest BCUT2D eigenvalue weighted by Crippen LogP contribution is -2.10. The van der Waals surface area contributed by atoms with Gasteiger partial charge < -0.3 is 10.1 Å². The summed E-state index contributed by atoms with van der Waals surface area (Å²) in [7, 11) is 0. The molecule has 0 amide bonds. The van der Waals surface area contributed by atoms with Crippen LogP contribution < -0.4 is 5.32 Å². The van der Waals surface area contributed by atoms with Crippen LogP contribution in [0.25, 0.3) is 0 Å². The minimum Gasteiger partial charge on any atom is -0.385 e. The van der Waals surface area contributed by atoms with Gasteiger partial charge in [-0.2, -0.15) is 0 Å². The fraction of sp³-hybridized carbons (Fsp3) is 0.571. The second-order valence-electron chi connectivity index (χ2n) is 5.01. The maximum absolute atomic E-state index is 5.42. The van der Waals surface area contributed by atoms with Crippen molar-refractivity contribution >= 4 is 5.69 Å². The van der Waals surface area contributed by atoms with Crippen molar-refractivity contribution in [1.29, 1.82) is 0 Å². The van der Waals surface area contributed by atoms with Crippen molar-refractivity contribution < 1.29 is 4.74 Å². The molecule has 1 heterocycles. The fourth-order valence-corrected chi connectivity index (χ4v) is 2.76. The Kier molecular flexibility index (Phi) is 2.83. The highest BCUT2D eigenvalue weighted by Crippen LogP contribution is 2.26. The zero-order chi connectivity index (χ0) is 10.8. The zero-order valence-corrected chi connectivity index (χ0v) is 9.67. The monoisotopic (exact) mass is 217 g/mol. The molecule has 2 heteroatoms. The van der Waals surface area contributed by atoms with Crippen LogP contribution in [0.3, 0.4) is 0 Å². The zero-order valence-electron chi connectivity index (χ0n) is 9.67. The smallest absolute Gasteiger partial charge is 0.0725 e. The second kappa shape index (κ2) is 4.46. The van der Waals surface area contributed by atoms with Crippen molar-refractivity contribution in [2.24, 2.45) is 5.92 Å². The Hall–Kier alpha value is -1.02. The lowest BCUT2D eigenvalue weighted by atomic mass is 10.1. The van der Waals surface area contributed by atoms with Gasteiger partial charge in [0.15, 0.2) is 0 Å². The number of ether oxygens (including phenoxy) is 1. The summed E-state index contributed by atoms with van der Waals surface area (Å²) in [5, 5.41) is 3.56. The first kappa shape index (κ1) is 10.2. The molecule has 0 unspecified atom stereocenters. The largest absolute Gasteiger partial charge is 0.385 e. The van der Waals surface area contributed by atoms with Gasteiger partial charge in [-0.15, -0.1) is 0 Å². The summed E-state index contributed by atoms with van der Waals surface area (Å²) >= 11 is 0. The van der Waals surface area contributed by atoms with E-state index in [4.69, 9.17) is 4.74 Å². The Labute approximate surface area is 97.0 Å². The number of benzene rings is 1. The highest BCUT2D eigenvalue weighted by Gasteiger charge is 2.15. The van der Waals surface area contributed by atoms with Gasteiger partial charge in [-0.1, -0.05) is 18.9 Å². The van der Waals surface area contributed by atoms with Gasteiger partial charge in [0.1, 0.15) is 0 Å². The topological polar surface area (TPSA) is 21.3 Å². The number of rotatable bonds is 3. The molecule has 0 spiro atoms. The molecule has 3 rings (SSSR count). The van der Waals surface area contributed by atoms with E-state index in [1.807, 2.05) is 0 Å². The average Bonchev–Trinajstić information content (AvgIpc) is 2.97. The Morgan fingerprint density at radius 3 is 2.81 bits per heavy atom. The summed E-state index contributed by atoms with van der Waals surface area (Å²) in [5.41, 5.74) is 3.97. The Morgan fingerprint density at radius 2 is 1.94 bits per heavy atom. The number of anilines is 1. The molecule has 0 saturated heterocycles. The van der Waals surface area contributed by atoms with E-state index >= 15 is 0 Å². The summed E-state index contributed by atoms with van der Waals surface area (Å²) < 4.78 is 5.42. The van der Waals surface area contributed by atoms with Gasteiger partial charge in [-0.25, -0.2) is 0 Å². The average molecular weight is 217 g/mol. The molecule has 1 aromatic carbocycles. The van der Waals surface area contributed by atoms with Crippen LogP contribution in [0.5, 0.6) is 0 Å². The minimum absolute atomic E-state index is 0.786. The number of nitrogens with one attached hydrogen (secondary N) is 1. The van der Waals surface area contributed by atoms with Crippen molar-refractivity contribution in [3.8, 4) is 0 Å². The van der Waals surface area contributed by atoms with E-state index < -0.39 is 0 Å². The molecule has 1 saturated carbocycles. The Balaban J connectivity index is 1.61. The van der Waals surface area contributed by atoms with Crippen molar-refractivity contribution in [2.45, 2.75) is 38.9 Å². The van der Waals surface area contributed by atoms with Gasteiger partial charge in [0.05, 0.1) is 13.2 Å². The van der Waals surface area contributed by atoms with Gasteiger partial charge >= 0.3 is 0 Å². The van der Waals surface area contributed by atoms with Crippen LogP contribution in [0.2, 0.25) is 0 Å². The summed E-state index contributed by atoms with van der Waals surface area (Å²) in [5.74, 6) is 0.893. The SMILES string of the molecule is c1cc2c(cc1NCC1CCCC1)COC2. The number of hydrogen-bond donors (Lipinski definition) is 1. The van der Waals surface area contributed by atoms with Gasteiger partial charge in [-0.3, -0.25) is 0 Å². The molecule has 1 aliphatic carbocycles. The molecule has 0 aromatic heterocycles. The van der Waals surface area contributed by atoms with Crippen LogP contribution in [0, 0.1) is 5.92 Å². The third-order valence-corrected chi connectivity index (χ3v) is 3.79. The van der Waals surface area contributed by atoms with Crippen LogP contribution in [-0.2, 0) is 18.0 Å². The first-order valence-electron chi connectivity index (χ1n) is 6.35. The molecule has 1 fully saturated rings. The molecule has 0 atom stereocenters. The molecule has 0 bridgehead atoms. The van der Waals surface area contributed by atoms with Gasteiger partial charge in [0.25, 0.3) is 0 Å². The molecule has 2 aliphatic rings. The normalized spacial score (nSPS) is 20.0. The lowest BCUT2D eigenvalue weighted by Gasteiger charge is -2.12. The van der Waals surface area contributed by atoms with Crippen molar-refractivity contribution in [1.82, 2.24) is 0 Å². The molecular weight excluding hydrogens is 198 g/mol. The Bertz CT molecular complexity index is 369. The number of fused-ring (bicyclic) bond motifs is 1.